The Morgan fingerprint density at radius 1 is 1.42 bits per heavy atom. The molecule has 5 nitrogen and oxygen atoms in total. The van der Waals surface area contributed by atoms with E-state index in [4.69, 9.17) is 4.74 Å². The fourth-order valence-electron chi connectivity index (χ4n) is 2.35. The summed E-state index contributed by atoms with van der Waals surface area (Å²) in [5, 5.41) is 10.1. The molecule has 0 saturated carbocycles. The zero-order valence-electron chi connectivity index (χ0n) is 11.5. The number of hydrogen-bond acceptors (Lipinski definition) is 5. The minimum absolute atomic E-state index is 0.0680. The minimum atomic E-state index is -0.511. The average Bonchev–Trinajstić information content (AvgIpc) is 2.66. The molecule has 1 fully saturated rings. The van der Waals surface area contributed by atoms with Crippen LogP contribution in [0.1, 0.15) is 33.1 Å². The van der Waals surface area contributed by atoms with Crippen molar-refractivity contribution in [1.29, 1.82) is 0 Å². The van der Waals surface area contributed by atoms with Gasteiger partial charge in [-0.15, -0.1) is 0 Å². The van der Waals surface area contributed by atoms with Gasteiger partial charge < -0.3 is 14.7 Å². The Labute approximate surface area is 113 Å². The maximum atomic E-state index is 11.7. The first-order chi connectivity index (χ1) is 9.13. The number of likely N-dealkylation sites (tertiary alicyclic amines) is 1. The Hall–Kier alpha value is -1.78. The van der Waals surface area contributed by atoms with E-state index in [0.29, 0.717) is 11.4 Å². The second kappa shape index (κ2) is 5.91. The molecule has 2 aliphatic rings. The van der Waals surface area contributed by atoms with Gasteiger partial charge in [-0.2, -0.15) is 0 Å². The van der Waals surface area contributed by atoms with Crippen LogP contribution in [0.5, 0.6) is 0 Å². The second-order valence-corrected chi connectivity index (χ2v) is 4.75. The first-order valence-corrected chi connectivity index (χ1v) is 6.75. The molecule has 2 heterocycles. The van der Waals surface area contributed by atoms with E-state index in [1.807, 2.05) is 6.20 Å². The minimum Gasteiger partial charge on any atom is -0.505 e. The summed E-state index contributed by atoms with van der Waals surface area (Å²) in [6.45, 7) is 5.68. The van der Waals surface area contributed by atoms with E-state index in [0.717, 1.165) is 25.9 Å². The number of esters is 1. The fourth-order valence-corrected chi connectivity index (χ4v) is 2.35. The molecule has 19 heavy (non-hydrogen) atoms. The number of aliphatic imine (C=N–C) groups is 1. The van der Waals surface area contributed by atoms with Gasteiger partial charge in [0.25, 0.3) is 0 Å². The maximum absolute atomic E-state index is 11.7. The molecule has 0 amide bonds. The smallest absolute Gasteiger partial charge is 0.343 e. The van der Waals surface area contributed by atoms with Crippen LogP contribution < -0.4 is 0 Å². The predicted octanol–water partition coefficient (Wildman–Crippen LogP) is 2.16. The van der Waals surface area contributed by atoms with Crippen LogP contribution >= 0.6 is 0 Å². The highest BCUT2D eigenvalue weighted by Crippen LogP contribution is 2.25. The third-order valence-electron chi connectivity index (χ3n) is 3.30. The Morgan fingerprint density at radius 3 is 2.74 bits per heavy atom. The van der Waals surface area contributed by atoms with Crippen LogP contribution in [0.2, 0.25) is 0 Å². The maximum Gasteiger partial charge on any atom is 0.343 e. The van der Waals surface area contributed by atoms with Crippen LogP contribution in [-0.4, -0.2) is 41.4 Å². The van der Waals surface area contributed by atoms with Crippen LogP contribution in [0.4, 0.5) is 0 Å². The van der Waals surface area contributed by atoms with Gasteiger partial charge >= 0.3 is 5.97 Å². The summed E-state index contributed by atoms with van der Waals surface area (Å²) in [4.78, 5) is 18.1. The molecule has 0 unspecified atom stereocenters. The summed E-state index contributed by atoms with van der Waals surface area (Å²) >= 11 is 0. The van der Waals surface area contributed by atoms with Crippen LogP contribution in [-0.2, 0) is 9.53 Å². The normalized spacial score (nSPS) is 21.9. The molecule has 104 valence electrons. The number of nitrogens with zero attached hydrogens (tertiary/aromatic N) is 2. The molecule has 0 radical (unpaired) electrons. The number of ether oxygens (including phenoxy) is 1. The number of hydrogen-bond donors (Lipinski definition) is 1. The van der Waals surface area contributed by atoms with Crippen molar-refractivity contribution in [1.82, 2.24) is 4.90 Å². The third-order valence-corrected chi connectivity index (χ3v) is 3.30. The van der Waals surface area contributed by atoms with E-state index in [2.05, 4.69) is 9.89 Å². The Morgan fingerprint density at radius 2 is 2.11 bits per heavy atom. The predicted molar refractivity (Wildman–Crippen MR) is 72.9 cm³/mol. The van der Waals surface area contributed by atoms with Crippen molar-refractivity contribution in [3.63, 3.8) is 0 Å². The number of aliphatic hydroxyl groups excluding tert-OH is 1. The summed E-state index contributed by atoms with van der Waals surface area (Å²) in [6, 6.07) is 0. The topological polar surface area (TPSA) is 62.1 Å². The van der Waals surface area contributed by atoms with Crippen molar-refractivity contribution in [2.75, 3.05) is 19.7 Å². The van der Waals surface area contributed by atoms with Crippen molar-refractivity contribution >= 4 is 11.7 Å². The molecule has 5 heteroatoms. The van der Waals surface area contributed by atoms with Gasteiger partial charge in [0.1, 0.15) is 11.3 Å². The average molecular weight is 264 g/mol. The molecule has 1 N–H and O–H groups in total. The first-order valence-electron chi connectivity index (χ1n) is 6.75. The van der Waals surface area contributed by atoms with Gasteiger partial charge in [-0.1, -0.05) is 0 Å². The highest BCUT2D eigenvalue weighted by Gasteiger charge is 2.28. The van der Waals surface area contributed by atoms with Crippen LogP contribution in [0.15, 0.2) is 28.2 Å². The Bertz CT molecular complexity index is 457. The van der Waals surface area contributed by atoms with Crippen molar-refractivity contribution in [3.8, 4) is 0 Å². The van der Waals surface area contributed by atoms with Crippen molar-refractivity contribution in [3.05, 3.63) is 23.2 Å². The molecule has 2 rings (SSSR count). The molecule has 0 aliphatic carbocycles. The van der Waals surface area contributed by atoms with Gasteiger partial charge in [0.2, 0.25) is 0 Å². The summed E-state index contributed by atoms with van der Waals surface area (Å²) in [5.74, 6) is -0.579. The summed E-state index contributed by atoms with van der Waals surface area (Å²) < 4.78 is 4.93. The van der Waals surface area contributed by atoms with Gasteiger partial charge in [0.05, 0.1) is 12.3 Å². The van der Waals surface area contributed by atoms with Crippen LogP contribution in [0.3, 0.4) is 0 Å². The van der Waals surface area contributed by atoms with Crippen LogP contribution in [0.25, 0.3) is 0 Å². The number of carbonyl (C=O) groups excluding carboxylic acids is 1. The zero-order valence-corrected chi connectivity index (χ0v) is 11.5. The molecule has 0 aromatic heterocycles. The largest absolute Gasteiger partial charge is 0.505 e. The van der Waals surface area contributed by atoms with Gasteiger partial charge in [-0.3, -0.25) is 0 Å². The first kappa shape index (κ1) is 13.6. The quantitative estimate of drug-likeness (QED) is 0.793. The fraction of sp³-hybridized carbons (Fsp3) is 0.571. The highest BCUT2D eigenvalue weighted by molar-refractivity contribution is 6.21. The lowest BCUT2D eigenvalue weighted by Gasteiger charge is -2.25. The number of aliphatic hydroxyl groups is 1. The lowest BCUT2D eigenvalue weighted by atomic mass is 10.1. The Kier molecular flexibility index (Phi) is 4.24. The lowest BCUT2D eigenvalue weighted by Crippen LogP contribution is -2.24. The lowest BCUT2D eigenvalue weighted by molar-refractivity contribution is -0.138. The van der Waals surface area contributed by atoms with Crippen molar-refractivity contribution < 1.29 is 14.6 Å². The van der Waals surface area contributed by atoms with Crippen molar-refractivity contribution in [2.45, 2.75) is 33.1 Å². The standard InChI is InChI=1S/C14H20N2O3/c1-3-19-14(18)12-10(2)15-11(13(12)17)9-16-7-5-4-6-8-16/h9,17H,3-8H2,1-2H3. The zero-order chi connectivity index (χ0) is 13.8. The molecule has 0 atom stereocenters. The molecule has 0 spiro atoms. The summed E-state index contributed by atoms with van der Waals surface area (Å²) in [7, 11) is 0. The van der Waals surface area contributed by atoms with Gasteiger partial charge in [0.15, 0.2) is 5.76 Å². The van der Waals surface area contributed by atoms with E-state index in [-0.39, 0.29) is 17.9 Å². The molecular weight excluding hydrogens is 244 g/mol. The molecule has 0 aromatic rings. The van der Waals surface area contributed by atoms with E-state index in [1.165, 1.54) is 6.42 Å². The third kappa shape index (κ3) is 2.97. The Balaban J connectivity index is 2.19. The molecule has 2 aliphatic heterocycles. The molecule has 1 saturated heterocycles. The number of carbonyl (C=O) groups is 1. The van der Waals surface area contributed by atoms with E-state index >= 15 is 0 Å². The highest BCUT2D eigenvalue weighted by atomic mass is 16.5. The second-order valence-electron chi connectivity index (χ2n) is 4.75. The molecule has 0 aromatic carbocycles. The van der Waals surface area contributed by atoms with Crippen molar-refractivity contribution in [2.24, 2.45) is 4.99 Å². The summed E-state index contributed by atoms with van der Waals surface area (Å²) in [6.07, 6.45) is 5.39. The van der Waals surface area contributed by atoms with Gasteiger partial charge in [0, 0.05) is 19.3 Å². The van der Waals surface area contributed by atoms with E-state index in [9.17, 15) is 9.90 Å². The van der Waals surface area contributed by atoms with Gasteiger partial charge in [-0.05, 0) is 33.1 Å². The molecule has 0 bridgehead atoms. The van der Waals surface area contributed by atoms with E-state index < -0.39 is 5.97 Å². The number of rotatable bonds is 3. The van der Waals surface area contributed by atoms with Gasteiger partial charge in [-0.25, -0.2) is 9.79 Å². The molecular formula is C14H20N2O3. The van der Waals surface area contributed by atoms with E-state index in [1.54, 1.807) is 13.8 Å². The van der Waals surface area contributed by atoms with Crippen LogP contribution in [0, 0.1) is 0 Å². The monoisotopic (exact) mass is 264 g/mol. The summed E-state index contributed by atoms with van der Waals surface area (Å²) in [5.41, 5.74) is 1.16. The SMILES string of the molecule is CCOC(=O)C1=C(O)C(=CN2CCCCC2)N=C1C. The number of piperidine rings is 1.